The van der Waals surface area contributed by atoms with Gasteiger partial charge in [-0.25, -0.2) is 9.18 Å². The molecule has 0 unspecified atom stereocenters. The maximum Gasteiger partial charge on any atom is 0.335 e. The van der Waals surface area contributed by atoms with Crippen LogP contribution < -0.4 is 4.90 Å². The zero-order valence-corrected chi connectivity index (χ0v) is 16.3. The second kappa shape index (κ2) is 7.65. The third-order valence-electron chi connectivity index (χ3n) is 4.20. The highest BCUT2D eigenvalue weighted by Crippen LogP contribution is 2.37. The topological polar surface area (TPSA) is 70.8 Å². The average Bonchev–Trinajstić information content (AvgIpc) is 3.27. The van der Waals surface area contributed by atoms with Crippen LogP contribution in [-0.4, -0.2) is 21.3 Å². The van der Waals surface area contributed by atoms with Crippen molar-refractivity contribution in [1.29, 1.82) is 0 Å². The van der Waals surface area contributed by atoms with Crippen LogP contribution in [0.3, 0.4) is 0 Å². The highest BCUT2D eigenvalue weighted by molar-refractivity contribution is 8.27. The van der Waals surface area contributed by atoms with Gasteiger partial charge in [-0.1, -0.05) is 48.2 Å². The van der Waals surface area contributed by atoms with E-state index in [1.165, 1.54) is 24.3 Å². The number of carbonyl (C=O) groups excluding carboxylic acids is 1. The lowest BCUT2D eigenvalue weighted by Gasteiger charge is -2.14. The number of thiocarbonyl (C=S) groups is 1. The molecule has 1 aromatic heterocycles. The van der Waals surface area contributed by atoms with Gasteiger partial charge in [0.2, 0.25) is 0 Å². The van der Waals surface area contributed by atoms with E-state index in [9.17, 15) is 14.0 Å². The van der Waals surface area contributed by atoms with Gasteiger partial charge >= 0.3 is 5.97 Å². The standard InChI is InChI=1S/C21H12FNO4S2/c22-15-3-1-2-4-16(15)23-19(24)18(29-21(23)28)11-14-9-10-17(27-14)12-5-7-13(8-6-12)20(25)26/h1-11H,(H,25,26)/b18-11+. The van der Waals surface area contributed by atoms with Gasteiger partial charge in [0.05, 0.1) is 16.2 Å². The molecule has 29 heavy (non-hydrogen) atoms. The molecule has 144 valence electrons. The van der Waals surface area contributed by atoms with Gasteiger partial charge in [0, 0.05) is 11.6 Å². The Balaban J connectivity index is 1.59. The van der Waals surface area contributed by atoms with Gasteiger partial charge in [0.25, 0.3) is 5.91 Å². The van der Waals surface area contributed by atoms with Crippen molar-refractivity contribution in [2.75, 3.05) is 4.90 Å². The summed E-state index contributed by atoms with van der Waals surface area (Å²) >= 11 is 6.32. The van der Waals surface area contributed by atoms with E-state index in [0.29, 0.717) is 22.0 Å². The van der Waals surface area contributed by atoms with E-state index in [0.717, 1.165) is 16.7 Å². The fraction of sp³-hybridized carbons (Fsp3) is 0. The number of thioether (sulfide) groups is 1. The molecule has 5 nitrogen and oxygen atoms in total. The minimum absolute atomic E-state index is 0.108. The minimum atomic E-state index is -1.01. The predicted molar refractivity (Wildman–Crippen MR) is 113 cm³/mol. The first-order chi connectivity index (χ1) is 13.9. The highest BCUT2D eigenvalue weighted by atomic mass is 32.2. The highest BCUT2D eigenvalue weighted by Gasteiger charge is 2.34. The lowest BCUT2D eigenvalue weighted by Crippen LogP contribution is -2.28. The van der Waals surface area contributed by atoms with E-state index < -0.39 is 17.7 Å². The lowest BCUT2D eigenvalue weighted by atomic mass is 10.1. The molecule has 0 radical (unpaired) electrons. The average molecular weight is 425 g/mol. The fourth-order valence-electron chi connectivity index (χ4n) is 2.80. The Morgan fingerprint density at radius 2 is 1.83 bits per heavy atom. The molecule has 1 amide bonds. The van der Waals surface area contributed by atoms with Crippen LogP contribution in [0.25, 0.3) is 17.4 Å². The number of hydrogen-bond donors (Lipinski definition) is 1. The van der Waals surface area contributed by atoms with Crippen LogP contribution in [0.1, 0.15) is 16.1 Å². The summed E-state index contributed by atoms with van der Waals surface area (Å²) in [6.45, 7) is 0. The SMILES string of the molecule is O=C(O)c1ccc(-c2ccc(/C=C3/SC(=S)N(c4ccccc4F)C3=O)o2)cc1. The number of halogens is 1. The second-order valence-corrected chi connectivity index (χ2v) is 7.73. The maximum atomic E-state index is 14.1. The van der Waals surface area contributed by atoms with Crippen molar-refractivity contribution in [3.05, 3.63) is 82.7 Å². The molecule has 1 N–H and O–H groups in total. The quantitative estimate of drug-likeness (QED) is 0.458. The molecule has 0 atom stereocenters. The van der Waals surface area contributed by atoms with E-state index in [-0.39, 0.29) is 15.6 Å². The van der Waals surface area contributed by atoms with Crippen LogP contribution in [0.15, 0.2) is 70.0 Å². The van der Waals surface area contributed by atoms with Crippen molar-refractivity contribution in [1.82, 2.24) is 0 Å². The fourth-order valence-corrected chi connectivity index (χ4v) is 4.07. The molecule has 0 spiro atoms. The van der Waals surface area contributed by atoms with E-state index in [1.807, 2.05) is 0 Å². The van der Waals surface area contributed by atoms with Gasteiger partial charge in [-0.3, -0.25) is 9.69 Å². The zero-order valence-electron chi connectivity index (χ0n) is 14.7. The van der Waals surface area contributed by atoms with Crippen molar-refractivity contribution in [2.45, 2.75) is 0 Å². The Morgan fingerprint density at radius 1 is 1.10 bits per heavy atom. The van der Waals surface area contributed by atoms with Crippen LogP contribution >= 0.6 is 24.0 Å². The summed E-state index contributed by atoms with van der Waals surface area (Å²) < 4.78 is 20.1. The van der Waals surface area contributed by atoms with E-state index in [2.05, 4.69) is 0 Å². The number of aromatic carboxylic acids is 1. The summed E-state index contributed by atoms with van der Waals surface area (Å²) in [4.78, 5) is 25.2. The van der Waals surface area contributed by atoms with Crippen molar-refractivity contribution in [3.8, 4) is 11.3 Å². The number of benzene rings is 2. The molecule has 2 aromatic carbocycles. The Hall–Kier alpha value is -3.23. The number of rotatable bonds is 4. The number of amides is 1. The summed E-state index contributed by atoms with van der Waals surface area (Å²) in [6, 6.07) is 15.6. The van der Waals surface area contributed by atoms with Crippen LogP contribution in [0.4, 0.5) is 10.1 Å². The monoisotopic (exact) mass is 425 g/mol. The van der Waals surface area contributed by atoms with Gasteiger partial charge in [0.15, 0.2) is 4.32 Å². The van der Waals surface area contributed by atoms with Crippen molar-refractivity contribution >= 4 is 51.9 Å². The number of anilines is 1. The largest absolute Gasteiger partial charge is 0.478 e. The Labute approximate surface area is 174 Å². The first kappa shape index (κ1) is 19.1. The smallest absolute Gasteiger partial charge is 0.335 e. The molecule has 3 aromatic rings. The summed E-state index contributed by atoms with van der Waals surface area (Å²) in [5.41, 5.74) is 0.989. The third-order valence-corrected chi connectivity index (χ3v) is 5.51. The number of furan rings is 1. The molecule has 8 heteroatoms. The normalized spacial score (nSPS) is 15.3. The number of para-hydroxylation sites is 1. The van der Waals surface area contributed by atoms with E-state index in [4.69, 9.17) is 21.7 Å². The Kier molecular flexibility index (Phi) is 5.04. The number of hydrogen-bond acceptors (Lipinski definition) is 5. The van der Waals surface area contributed by atoms with Gasteiger partial charge < -0.3 is 9.52 Å². The first-order valence-corrected chi connectivity index (χ1v) is 9.62. The summed E-state index contributed by atoms with van der Waals surface area (Å²) in [7, 11) is 0. The molecular formula is C21H12FNO4S2. The molecule has 0 saturated carbocycles. The number of carboxylic acid groups (broad SMARTS) is 1. The summed E-state index contributed by atoms with van der Waals surface area (Å²) in [6.07, 6.45) is 1.55. The number of carboxylic acids is 1. The molecular weight excluding hydrogens is 413 g/mol. The molecule has 1 aliphatic heterocycles. The summed E-state index contributed by atoms with van der Waals surface area (Å²) in [5.74, 6) is -1.01. The molecule has 1 fully saturated rings. The van der Waals surface area contributed by atoms with Crippen LogP contribution in [0, 0.1) is 5.82 Å². The van der Waals surface area contributed by atoms with Crippen LogP contribution in [0.2, 0.25) is 0 Å². The molecule has 4 rings (SSSR count). The second-order valence-electron chi connectivity index (χ2n) is 6.05. The molecule has 1 aliphatic rings. The van der Waals surface area contributed by atoms with Crippen LogP contribution in [0.5, 0.6) is 0 Å². The third kappa shape index (κ3) is 3.72. The van der Waals surface area contributed by atoms with Gasteiger partial charge in [-0.05, 0) is 36.4 Å². The first-order valence-electron chi connectivity index (χ1n) is 8.40. The van der Waals surface area contributed by atoms with Gasteiger partial charge in [-0.15, -0.1) is 0 Å². The van der Waals surface area contributed by atoms with Crippen molar-refractivity contribution in [3.63, 3.8) is 0 Å². The minimum Gasteiger partial charge on any atom is -0.478 e. The molecule has 0 bridgehead atoms. The molecule has 2 heterocycles. The molecule has 0 aliphatic carbocycles. The predicted octanol–water partition coefficient (Wildman–Crippen LogP) is 5.19. The number of nitrogens with zero attached hydrogens (tertiary/aromatic N) is 1. The molecule has 1 saturated heterocycles. The van der Waals surface area contributed by atoms with Crippen molar-refractivity contribution in [2.24, 2.45) is 0 Å². The van der Waals surface area contributed by atoms with Gasteiger partial charge in [0.1, 0.15) is 17.3 Å². The van der Waals surface area contributed by atoms with E-state index in [1.54, 1.807) is 42.5 Å². The van der Waals surface area contributed by atoms with Gasteiger partial charge in [-0.2, -0.15) is 0 Å². The maximum absolute atomic E-state index is 14.1. The lowest BCUT2D eigenvalue weighted by molar-refractivity contribution is -0.113. The zero-order chi connectivity index (χ0) is 20.5. The Morgan fingerprint density at radius 3 is 2.52 bits per heavy atom. The van der Waals surface area contributed by atoms with E-state index >= 15 is 0 Å². The summed E-state index contributed by atoms with van der Waals surface area (Å²) in [5, 5.41) is 8.97. The Bertz CT molecular complexity index is 1170. The van der Waals surface area contributed by atoms with Crippen LogP contribution in [-0.2, 0) is 4.79 Å². The van der Waals surface area contributed by atoms with Crippen molar-refractivity contribution < 1.29 is 23.5 Å². The number of carbonyl (C=O) groups is 2.